The zero-order chi connectivity index (χ0) is 13.7. The van der Waals surface area contributed by atoms with Crippen LogP contribution < -0.4 is 5.11 Å². The van der Waals surface area contributed by atoms with E-state index in [1.54, 1.807) is 13.8 Å². The minimum atomic E-state index is -0.417. The Morgan fingerprint density at radius 2 is 0.882 bits per heavy atom. The standard InChI is InChI=1S/C12H28N.C3H7O/c1-5-9-13(10-6-2,11-7-3)12-8-4;1-3(2)4/h5-12H2,1-4H3;3H,1-2H3/q+1;-1. The fourth-order valence-corrected chi connectivity index (χ4v) is 2.57. The van der Waals surface area contributed by atoms with Crippen LogP contribution in [0.2, 0.25) is 0 Å². The van der Waals surface area contributed by atoms with Crippen LogP contribution in [0.15, 0.2) is 0 Å². The van der Waals surface area contributed by atoms with E-state index in [2.05, 4.69) is 27.7 Å². The van der Waals surface area contributed by atoms with Gasteiger partial charge in [-0.1, -0.05) is 41.5 Å². The lowest BCUT2D eigenvalue weighted by atomic mass is 10.2. The smallest absolute Gasteiger partial charge is 0.0783 e. The summed E-state index contributed by atoms with van der Waals surface area (Å²) >= 11 is 0. The van der Waals surface area contributed by atoms with Crippen molar-refractivity contribution in [3.63, 3.8) is 0 Å². The Morgan fingerprint density at radius 3 is 1.00 bits per heavy atom. The average Bonchev–Trinajstić information content (AvgIpc) is 2.18. The van der Waals surface area contributed by atoms with Gasteiger partial charge in [-0.15, -0.1) is 6.10 Å². The Hall–Kier alpha value is -0.0800. The van der Waals surface area contributed by atoms with Crippen molar-refractivity contribution in [2.24, 2.45) is 0 Å². The average molecular weight is 245 g/mol. The Bertz CT molecular complexity index is 114. The van der Waals surface area contributed by atoms with Gasteiger partial charge in [0.15, 0.2) is 0 Å². The van der Waals surface area contributed by atoms with Gasteiger partial charge >= 0.3 is 0 Å². The Labute approximate surface area is 110 Å². The molecule has 0 atom stereocenters. The third-order valence-electron chi connectivity index (χ3n) is 2.79. The second kappa shape index (κ2) is 12.4. The van der Waals surface area contributed by atoms with Crippen molar-refractivity contribution in [1.82, 2.24) is 0 Å². The summed E-state index contributed by atoms with van der Waals surface area (Å²) in [6.07, 6.45) is 4.92. The largest absolute Gasteiger partial charge is 0.852 e. The molecule has 0 spiro atoms. The Balaban J connectivity index is 0. The first-order valence-corrected chi connectivity index (χ1v) is 7.48. The molecule has 0 saturated carbocycles. The molecule has 0 aliphatic carbocycles. The number of nitrogens with zero attached hydrogens (tertiary/aromatic N) is 1. The minimum Gasteiger partial charge on any atom is -0.852 e. The molecule has 0 aliphatic heterocycles. The van der Waals surface area contributed by atoms with Gasteiger partial charge in [-0.2, -0.15) is 0 Å². The molecular weight excluding hydrogens is 210 g/mol. The maximum absolute atomic E-state index is 9.53. The fourth-order valence-electron chi connectivity index (χ4n) is 2.57. The predicted molar refractivity (Wildman–Crippen MR) is 76.0 cm³/mol. The Kier molecular flexibility index (Phi) is 14.0. The summed E-state index contributed by atoms with van der Waals surface area (Å²) in [6, 6.07) is 0. The lowest BCUT2D eigenvalue weighted by molar-refractivity contribution is -0.928. The molecule has 0 aromatic carbocycles. The third kappa shape index (κ3) is 12.2. The molecule has 0 saturated heterocycles. The van der Waals surface area contributed by atoms with Crippen LogP contribution >= 0.6 is 0 Å². The first kappa shape index (κ1) is 19.3. The van der Waals surface area contributed by atoms with Crippen molar-refractivity contribution in [1.29, 1.82) is 0 Å². The summed E-state index contributed by atoms with van der Waals surface area (Å²) < 4.78 is 1.38. The van der Waals surface area contributed by atoms with E-state index < -0.39 is 6.10 Å². The van der Waals surface area contributed by atoms with E-state index in [0.29, 0.717) is 0 Å². The van der Waals surface area contributed by atoms with Crippen LogP contribution in [0, 0.1) is 0 Å². The van der Waals surface area contributed by atoms with Crippen LogP contribution in [0.3, 0.4) is 0 Å². The van der Waals surface area contributed by atoms with Crippen molar-refractivity contribution in [3.8, 4) is 0 Å². The van der Waals surface area contributed by atoms with Gasteiger partial charge in [0, 0.05) is 0 Å². The minimum absolute atomic E-state index is 0.417. The van der Waals surface area contributed by atoms with E-state index >= 15 is 0 Å². The third-order valence-corrected chi connectivity index (χ3v) is 2.79. The highest BCUT2D eigenvalue weighted by Crippen LogP contribution is 2.12. The van der Waals surface area contributed by atoms with Gasteiger partial charge in [-0.25, -0.2) is 0 Å². The summed E-state index contributed by atoms with van der Waals surface area (Å²) in [5.74, 6) is 0. The van der Waals surface area contributed by atoms with Crippen LogP contribution in [0.1, 0.15) is 67.2 Å². The molecule has 0 unspecified atom stereocenters. The quantitative estimate of drug-likeness (QED) is 0.602. The molecule has 0 radical (unpaired) electrons. The first-order valence-electron chi connectivity index (χ1n) is 7.48. The molecule has 0 aromatic heterocycles. The van der Waals surface area contributed by atoms with Crippen LogP contribution in [0.25, 0.3) is 0 Å². The van der Waals surface area contributed by atoms with Crippen LogP contribution in [0.5, 0.6) is 0 Å². The number of hydrogen-bond acceptors (Lipinski definition) is 1. The molecule has 0 bridgehead atoms. The van der Waals surface area contributed by atoms with Gasteiger partial charge in [0.2, 0.25) is 0 Å². The van der Waals surface area contributed by atoms with Crippen LogP contribution in [-0.2, 0) is 0 Å². The van der Waals surface area contributed by atoms with Gasteiger partial charge < -0.3 is 9.59 Å². The van der Waals surface area contributed by atoms with Crippen molar-refractivity contribution in [2.45, 2.75) is 73.3 Å². The second-order valence-electron chi connectivity index (χ2n) is 5.28. The van der Waals surface area contributed by atoms with E-state index in [0.717, 1.165) is 0 Å². The normalized spacial score (nSPS) is 11.3. The van der Waals surface area contributed by atoms with Crippen molar-refractivity contribution in [3.05, 3.63) is 0 Å². The molecule has 0 aliphatic rings. The molecule has 2 nitrogen and oxygen atoms in total. The highest BCUT2D eigenvalue weighted by Gasteiger charge is 2.22. The maximum Gasteiger partial charge on any atom is 0.0783 e. The topological polar surface area (TPSA) is 23.1 Å². The Morgan fingerprint density at radius 1 is 0.706 bits per heavy atom. The van der Waals surface area contributed by atoms with E-state index in [4.69, 9.17) is 0 Å². The molecule has 17 heavy (non-hydrogen) atoms. The van der Waals surface area contributed by atoms with E-state index in [1.165, 1.54) is 56.3 Å². The number of rotatable bonds is 8. The summed E-state index contributed by atoms with van der Waals surface area (Å²) in [5.41, 5.74) is 0. The van der Waals surface area contributed by atoms with Crippen molar-refractivity contribution < 1.29 is 9.59 Å². The summed E-state index contributed by atoms with van der Waals surface area (Å²) in [6.45, 7) is 18.0. The van der Waals surface area contributed by atoms with Crippen molar-refractivity contribution in [2.75, 3.05) is 26.2 Å². The predicted octanol–water partition coefficient (Wildman–Crippen LogP) is 3.20. The zero-order valence-electron chi connectivity index (χ0n) is 13.1. The lowest BCUT2D eigenvalue weighted by Crippen LogP contribution is -2.50. The molecular formula is C15H35NO. The van der Waals surface area contributed by atoms with E-state index in [-0.39, 0.29) is 0 Å². The van der Waals surface area contributed by atoms with Gasteiger partial charge in [-0.3, -0.25) is 0 Å². The summed E-state index contributed by atoms with van der Waals surface area (Å²) in [4.78, 5) is 0. The highest BCUT2D eigenvalue weighted by molar-refractivity contribution is 4.43. The molecule has 0 heterocycles. The molecule has 106 valence electrons. The van der Waals surface area contributed by atoms with E-state index in [9.17, 15) is 5.11 Å². The van der Waals surface area contributed by atoms with Gasteiger partial charge in [-0.05, 0) is 25.7 Å². The van der Waals surface area contributed by atoms with Gasteiger partial charge in [0.05, 0.1) is 26.2 Å². The second-order valence-corrected chi connectivity index (χ2v) is 5.28. The molecule has 0 fully saturated rings. The van der Waals surface area contributed by atoms with Crippen LogP contribution in [-0.4, -0.2) is 36.8 Å². The molecule has 0 amide bonds. The highest BCUT2D eigenvalue weighted by atomic mass is 16.3. The SMILES string of the molecule is CC(C)[O-].CCC[N+](CCC)(CCC)CCC. The number of quaternary nitrogens is 1. The van der Waals surface area contributed by atoms with E-state index in [1.807, 2.05) is 0 Å². The zero-order valence-corrected chi connectivity index (χ0v) is 13.1. The lowest BCUT2D eigenvalue weighted by Gasteiger charge is -2.38. The first-order chi connectivity index (χ1) is 7.97. The summed E-state index contributed by atoms with van der Waals surface area (Å²) in [5, 5.41) is 9.53. The monoisotopic (exact) mass is 245 g/mol. The maximum atomic E-state index is 9.53. The molecule has 0 rings (SSSR count). The fraction of sp³-hybridized carbons (Fsp3) is 1.00. The van der Waals surface area contributed by atoms with Gasteiger partial charge in [0.1, 0.15) is 0 Å². The van der Waals surface area contributed by atoms with Crippen molar-refractivity contribution >= 4 is 0 Å². The molecule has 0 N–H and O–H groups in total. The summed E-state index contributed by atoms with van der Waals surface area (Å²) in [7, 11) is 0. The number of hydrogen-bond donors (Lipinski definition) is 0. The van der Waals surface area contributed by atoms with Gasteiger partial charge in [0.25, 0.3) is 0 Å². The van der Waals surface area contributed by atoms with Crippen LogP contribution in [0.4, 0.5) is 0 Å². The molecule has 2 heteroatoms. The molecule has 0 aromatic rings.